The lowest BCUT2D eigenvalue weighted by Crippen LogP contribution is -2.39. The molecule has 5 rings (SSSR count). The first-order chi connectivity index (χ1) is 21.2. The van der Waals surface area contributed by atoms with Gasteiger partial charge < -0.3 is 19.5 Å². The van der Waals surface area contributed by atoms with E-state index in [0.717, 1.165) is 73.5 Å². The van der Waals surface area contributed by atoms with Crippen molar-refractivity contribution in [2.45, 2.75) is 92.5 Å². The molecule has 2 aromatic carbocycles. The van der Waals surface area contributed by atoms with Crippen molar-refractivity contribution in [2.24, 2.45) is 5.41 Å². The summed E-state index contributed by atoms with van der Waals surface area (Å²) in [5.41, 5.74) is 8.35. The maximum Gasteiger partial charge on any atom is 0.337 e. The summed E-state index contributed by atoms with van der Waals surface area (Å²) >= 11 is 0. The molecule has 1 N–H and O–H groups in total. The zero-order valence-corrected chi connectivity index (χ0v) is 28.1. The first-order valence-corrected chi connectivity index (χ1v) is 16.0. The number of aryl methyl sites for hydroxylation is 2. The second-order valence-electron chi connectivity index (χ2n) is 14.4. The lowest BCUT2D eigenvalue weighted by atomic mass is 9.81. The number of piperidine rings is 1. The van der Waals surface area contributed by atoms with Crippen LogP contribution in [0.2, 0.25) is 0 Å². The van der Waals surface area contributed by atoms with E-state index in [0.29, 0.717) is 17.8 Å². The number of aliphatic carboxylic acids is 1. The van der Waals surface area contributed by atoms with Gasteiger partial charge in [0.15, 0.2) is 17.7 Å². The van der Waals surface area contributed by atoms with Gasteiger partial charge in [0, 0.05) is 55.2 Å². The molecular weight excluding hydrogens is 569 g/mol. The molecule has 0 saturated carbocycles. The summed E-state index contributed by atoms with van der Waals surface area (Å²) in [4.78, 5) is 22.5. The number of ether oxygens (including phenoxy) is 2. The highest BCUT2D eigenvalue weighted by atomic mass is 19.1. The number of halogens is 1. The van der Waals surface area contributed by atoms with Crippen LogP contribution in [0.1, 0.15) is 87.2 Å². The number of aromatic nitrogens is 1. The van der Waals surface area contributed by atoms with Crippen molar-refractivity contribution in [3.8, 4) is 16.9 Å². The topological polar surface area (TPSA) is 75.1 Å². The van der Waals surface area contributed by atoms with E-state index in [2.05, 4.69) is 41.8 Å². The maximum atomic E-state index is 14.0. The predicted molar refractivity (Wildman–Crippen MR) is 176 cm³/mol. The molecular formula is C37H48FN3O4. The van der Waals surface area contributed by atoms with Crippen LogP contribution in [0.15, 0.2) is 36.4 Å². The largest absolute Gasteiger partial charge is 0.494 e. The Bertz CT molecular complexity index is 1570. The lowest BCUT2D eigenvalue weighted by Gasteiger charge is -2.41. The Morgan fingerprint density at radius 3 is 2.40 bits per heavy atom. The number of nitrogens with zero attached hydrogens (tertiary/aromatic N) is 3. The highest BCUT2D eigenvalue weighted by molar-refractivity contribution is 5.88. The monoisotopic (exact) mass is 617 g/mol. The van der Waals surface area contributed by atoms with Crippen molar-refractivity contribution in [3.05, 3.63) is 75.9 Å². The number of methoxy groups -OCH3 is 1. The average molecular weight is 618 g/mol. The summed E-state index contributed by atoms with van der Waals surface area (Å²) in [5.74, 6) is -1.09. The highest BCUT2D eigenvalue weighted by Gasteiger charge is 2.36. The molecule has 1 unspecified atom stereocenters. The van der Waals surface area contributed by atoms with Crippen LogP contribution in [0.25, 0.3) is 11.1 Å². The van der Waals surface area contributed by atoms with Crippen LogP contribution in [0.5, 0.6) is 5.75 Å². The van der Waals surface area contributed by atoms with E-state index in [1.54, 1.807) is 6.07 Å². The minimum Gasteiger partial charge on any atom is -0.494 e. The maximum absolute atomic E-state index is 14.0. The summed E-state index contributed by atoms with van der Waals surface area (Å²) in [6.45, 7) is 18.3. The fourth-order valence-corrected chi connectivity index (χ4v) is 6.72. The van der Waals surface area contributed by atoms with Crippen LogP contribution in [-0.2, 0) is 29.0 Å². The molecule has 0 amide bonds. The highest BCUT2D eigenvalue weighted by Crippen LogP contribution is 2.45. The zero-order chi connectivity index (χ0) is 32.7. The molecule has 2 aliphatic heterocycles. The molecule has 0 radical (unpaired) electrons. The van der Waals surface area contributed by atoms with Gasteiger partial charge in [-0.1, -0.05) is 38.1 Å². The van der Waals surface area contributed by atoms with Gasteiger partial charge in [0.05, 0.1) is 18.4 Å². The fraction of sp³-hybridized carbons (Fsp3) is 0.514. The van der Waals surface area contributed by atoms with Crippen molar-refractivity contribution in [3.63, 3.8) is 0 Å². The number of benzene rings is 2. The van der Waals surface area contributed by atoms with Gasteiger partial charge in [0.1, 0.15) is 0 Å². The first kappa shape index (κ1) is 32.9. The zero-order valence-electron chi connectivity index (χ0n) is 28.1. The molecule has 45 heavy (non-hydrogen) atoms. The normalized spacial score (nSPS) is 17.6. The Morgan fingerprint density at radius 2 is 1.76 bits per heavy atom. The summed E-state index contributed by atoms with van der Waals surface area (Å²) in [6, 6.07) is 11.7. The van der Waals surface area contributed by atoms with E-state index in [-0.39, 0.29) is 17.0 Å². The number of anilines is 1. The molecule has 1 aromatic heterocycles. The van der Waals surface area contributed by atoms with Crippen LogP contribution < -0.4 is 9.64 Å². The molecule has 0 bridgehead atoms. The third kappa shape index (κ3) is 7.33. The molecule has 1 fully saturated rings. The van der Waals surface area contributed by atoms with Gasteiger partial charge in [-0.05, 0) is 93.7 Å². The van der Waals surface area contributed by atoms with E-state index >= 15 is 0 Å². The minimum absolute atomic E-state index is 0.235. The molecule has 2 aliphatic rings. The standard InChI is InChI=1S/C37H48FN3O4/c1-23-31(27-10-11-28-22-40(16-13-26(28)20-27)21-25-9-12-29(38)30(19-25)44-8)33(41-17-14-37(6,7)15-18-41)32(24(2)39-23)34(35(42)43)45-36(3,4)5/h9-12,19-20,34H,13-18,21-22H2,1-8H3,(H,42,43). The number of carboxylic acid groups (broad SMARTS) is 1. The molecule has 1 saturated heterocycles. The number of rotatable bonds is 8. The second kappa shape index (κ2) is 12.7. The van der Waals surface area contributed by atoms with Crippen molar-refractivity contribution in [1.82, 2.24) is 9.88 Å². The number of fused-ring (bicyclic) bond motifs is 1. The van der Waals surface area contributed by atoms with Gasteiger partial charge in [-0.2, -0.15) is 0 Å². The van der Waals surface area contributed by atoms with E-state index in [1.807, 2.05) is 40.7 Å². The van der Waals surface area contributed by atoms with E-state index in [1.165, 1.54) is 24.3 Å². The summed E-state index contributed by atoms with van der Waals surface area (Å²) < 4.78 is 25.4. The Hall–Kier alpha value is -3.49. The second-order valence-corrected chi connectivity index (χ2v) is 14.4. The van der Waals surface area contributed by atoms with Gasteiger partial charge >= 0.3 is 5.97 Å². The number of pyridine rings is 1. The lowest BCUT2D eigenvalue weighted by molar-refractivity contribution is -0.160. The summed E-state index contributed by atoms with van der Waals surface area (Å²) in [5, 5.41) is 10.5. The molecule has 0 spiro atoms. The quantitative estimate of drug-likeness (QED) is 0.278. The number of hydrogen-bond donors (Lipinski definition) is 1. The van der Waals surface area contributed by atoms with E-state index < -0.39 is 17.7 Å². The number of carboxylic acids is 1. The van der Waals surface area contributed by atoms with Gasteiger partial charge in [-0.25, -0.2) is 9.18 Å². The average Bonchev–Trinajstić information content (AvgIpc) is 2.96. The smallest absolute Gasteiger partial charge is 0.337 e. The Labute approximate surface area is 267 Å². The van der Waals surface area contributed by atoms with Gasteiger partial charge in [0.25, 0.3) is 0 Å². The minimum atomic E-state index is -1.14. The molecule has 1 atom stereocenters. The molecule has 8 heteroatoms. The van der Waals surface area contributed by atoms with Crippen molar-refractivity contribution < 1.29 is 23.8 Å². The molecule has 242 valence electrons. The van der Waals surface area contributed by atoms with Crippen LogP contribution in [0.4, 0.5) is 10.1 Å². The van der Waals surface area contributed by atoms with E-state index in [9.17, 15) is 14.3 Å². The van der Waals surface area contributed by atoms with Gasteiger partial charge in [-0.15, -0.1) is 0 Å². The van der Waals surface area contributed by atoms with E-state index in [4.69, 9.17) is 14.5 Å². The van der Waals surface area contributed by atoms with Crippen LogP contribution in [0.3, 0.4) is 0 Å². The third-order valence-corrected chi connectivity index (χ3v) is 9.18. The molecule has 3 aromatic rings. The Morgan fingerprint density at radius 1 is 1.04 bits per heavy atom. The SMILES string of the molecule is COc1cc(CN2CCc3cc(-c4c(C)nc(C)c(C(OC(C)(C)C)C(=O)O)c4N4CCC(C)(C)CC4)ccc3C2)ccc1F. The molecule has 3 heterocycles. The van der Waals surface area contributed by atoms with Gasteiger partial charge in [-0.3, -0.25) is 9.88 Å². The number of hydrogen-bond acceptors (Lipinski definition) is 6. The van der Waals surface area contributed by atoms with Gasteiger partial charge in [0.2, 0.25) is 0 Å². The number of carbonyl (C=O) groups is 1. The Kier molecular flexibility index (Phi) is 9.30. The van der Waals surface area contributed by atoms with Crippen molar-refractivity contribution in [1.29, 1.82) is 0 Å². The Balaban J connectivity index is 1.54. The van der Waals surface area contributed by atoms with Crippen molar-refractivity contribution >= 4 is 11.7 Å². The predicted octanol–water partition coefficient (Wildman–Crippen LogP) is 7.64. The molecule has 0 aliphatic carbocycles. The van der Waals surface area contributed by atoms with Crippen LogP contribution >= 0.6 is 0 Å². The van der Waals surface area contributed by atoms with Crippen LogP contribution in [-0.4, -0.2) is 53.3 Å². The summed E-state index contributed by atoms with van der Waals surface area (Å²) in [6.07, 6.45) is 1.78. The van der Waals surface area contributed by atoms with Crippen LogP contribution in [0, 0.1) is 25.1 Å². The third-order valence-electron chi connectivity index (χ3n) is 9.18. The first-order valence-electron chi connectivity index (χ1n) is 16.0. The summed E-state index contributed by atoms with van der Waals surface area (Å²) in [7, 11) is 1.49. The fourth-order valence-electron chi connectivity index (χ4n) is 6.72. The molecule has 7 nitrogen and oxygen atoms in total. The van der Waals surface area contributed by atoms with Crippen molar-refractivity contribution in [2.75, 3.05) is 31.6 Å².